The van der Waals surface area contributed by atoms with Crippen molar-refractivity contribution in [1.29, 1.82) is 0 Å². The number of aliphatic hydroxyl groups is 1. The van der Waals surface area contributed by atoms with Gasteiger partial charge in [0.2, 0.25) is 6.79 Å². The molecule has 0 spiro atoms. The van der Waals surface area contributed by atoms with E-state index in [1.165, 1.54) is 0 Å². The maximum atomic E-state index is 8.47. The standard InChI is InChI=1S/C8H14O4/c1-6(10-4-9)3-8-7(2)11-5-12-8/h6,9H,3-5H2,1-2H3. The molecule has 1 atom stereocenters. The van der Waals surface area contributed by atoms with E-state index >= 15 is 0 Å². The molecule has 12 heavy (non-hydrogen) atoms. The summed E-state index contributed by atoms with van der Waals surface area (Å²) in [6.45, 7) is 3.77. The van der Waals surface area contributed by atoms with Gasteiger partial charge < -0.3 is 19.3 Å². The Hall–Kier alpha value is -0.740. The molecule has 0 radical (unpaired) electrons. The molecule has 1 N–H and O–H groups in total. The second-order valence-electron chi connectivity index (χ2n) is 2.70. The summed E-state index contributed by atoms with van der Waals surface area (Å²) in [5.41, 5.74) is 0. The summed E-state index contributed by atoms with van der Waals surface area (Å²) >= 11 is 0. The Morgan fingerprint density at radius 2 is 2.33 bits per heavy atom. The van der Waals surface area contributed by atoms with Crippen molar-refractivity contribution in [3.05, 3.63) is 11.5 Å². The molecule has 1 aliphatic heterocycles. The molecule has 70 valence electrons. The van der Waals surface area contributed by atoms with Gasteiger partial charge in [-0.25, -0.2) is 0 Å². The molecule has 0 amide bonds. The van der Waals surface area contributed by atoms with E-state index in [9.17, 15) is 0 Å². The van der Waals surface area contributed by atoms with Gasteiger partial charge >= 0.3 is 0 Å². The van der Waals surface area contributed by atoms with Gasteiger partial charge in [-0.2, -0.15) is 0 Å². The van der Waals surface area contributed by atoms with E-state index in [1.54, 1.807) is 0 Å². The van der Waals surface area contributed by atoms with Crippen LogP contribution in [-0.2, 0) is 14.2 Å². The Labute approximate surface area is 71.7 Å². The van der Waals surface area contributed by atoms with E-state index in [2.05, 4.69) is 0 Å². The summed E-state index contributed by atoms with van der Waals surface area (Å²) in [5.74, 6) is 1.62. The van der Waals surface area contributed by atoms with Gasteiger partial charge in [0.25, 0.3) is 0 Å². The maximum Gasteiger partial charge on any atom is 0.230 e. The van der Waals surface area contributed by atoms with E-state index in [0.717, 1.165) is 11.5 Å². The molecule has 0 aromatic rings. The minimum Gasteiger partial charge on any atom is -0.459 e. The summed E-state index contributed by atoms with van der Waals surface area (Å²) in [4.78, 5) is 0. The molecule has 0 aliphatic carbocycles. The van der Waals surface area contributed by atoms with Crippen LogP contribution in [0.4, 0.5) is 0 Å². The Morgan fingerprint density at radius 1 is 1.58 bits per heavy atom. The number of hydrogen-bond donors (Lipinski definition) is 1. The monoisotopic (exact) mass is 174 g/mol. The van der Waals surface area contributed by atoms with Crippen molar-refractivity contribution in [3.8, 4) is 0 Å². The van der Waals surface area contributed by atoms with E-state index in [1.807, 2.05) is 13.8 Å². The molecule has 1 rings (SSSR count). The smallest absolute Gasteiger partial charge is 0.230 e. The second-order valence-corrected chi connectivity index (χ2v) is 2.70. The lowest BCUT2D eigenvalue weighted by molar-refractivity contribution is -0.0466. The highest BCUT2D eigenvalue weighted by Gasteiger charge is 2.16. The fourth-order valence-corrected chi connectivity index (χ4v) is 1.02. The molecule has 0 aromatic heterocycles. The van der Waals surface area contributed by atoms with E-state index in [0.29, 0.717) is 13.2 Å². The van der Waals surface area contributed by atoms with Crippen LogP contribution in [0.15, 0.2) is 11.5 Å². The van der Waals surface area contributed by atoms with Crippen molar-refractivity contribution in [2.75, 3.05) is 13.6 Å². The van der Waals surface area contributed by atoms with E-state index in [4.69, 9.17) is 19.3 Å². The number of hydrogen-bond acceptors (Lipinski definition) is 4. The first-order valence-corrected chi connectivity index (χ1v) is 3.92. The number of rotatable bonds is 4. The van der Waals surface area contributed by atoms with Crippen LogP contribution in [0.2, 0.25) is 0 Å². The molecule has 0 fully saturated rings. The third-order valence-corrected chi connectivity index (χ3v) is 1.73. The molecule has 4 nitrogen and oxygen atoms in total. The first-order valence-electron chi connectivity index (χ1n) is 3.92. The summed E-state index contributed by atoms with van der Waals surface area (Å²) < 4.78 is 15.2. The molecule has 1 aliphatic rings. The van der Waals surface area contributed by atoms with Gasteiger partial charge in [0.1, 0.15) is 18.3 Å². The van der Waals surface area contributed by atoms with Gasteiger partial charge in [0.05, 0.1) is 6.10 Å². The minimum absolute atomic E-state index is 0.0401. The lowest BCUT2D eigenvalue weighted by Gasteiger charge is -2.10. The lowest BCUT2D eigenvalue weighted by atomic mass is 10.2. The summed E-state index contributed by atoms with van der Waals surface area (Å²) in [6, 6.07) is 0. The largest absolute Gasteiger partial charge is 0.459 e. The summed E-state index contributed by atoms with van der Waals surface area (Å²) in [6.07, 6.45) is 0.605. The van der Waals surface area contributed by atoms with Crippen LogP contribution in [-0.4, -0.2) is 24.8 Å². The van der Waals surface area contributed by atoms with Crippen molar-refractivity contribution < 1.29 is 19.3 Å². The zero-order chi connectivity index (χ0) is 8.97. The summed E-state index contributed by atoms with van der Waals surface area (Å²) in [5, 5.41) is 8.47. The van der Waals surface area contributed by atoms with E-state index < -0.39 is 0 Å². The Balaban J connectivity index is 2.34. The Morgan fingerprint density at radius 3 is 2.83 bits per heavy atom. The third-order valence-electron chi connectivity index (χ3n) is 1.73. The summed E-state index contributed by atoms with van der Waals surface area (Å²) in [7, 11) is 0. The first-order chi connectivity index (χ1) is 5.74. The average molecular weight is 174 g/mol. The average Bonchev–Trinajstić information content (AvgIpc) is 2.37. The van der Waals surface area contributed by atoms with E-state index in [-0.39, 0.29) is 12.9 Å². The van der Waals surface area contributed by atoms with Gasteiger partial charge in [0, 0.05) is 6.42 Å². The molecular weight excluding hydrogens is 160 g/mol. The van der Waals surface area contributed by atoms with Crippen molar-refractivity contribution in [3.63, 3.8) is 0 Å². The van der Waals surface area contributed by atoms with Crippen LogP contribution in [0, 0.1) is 0 Å². The third kappa shape index (κ3) is 2.39. The van der Waals surface area contributed by atoms with Crippen LogP contribution in [0.5, 0.6) is 0 Å². The van der Waals surface area contributed by atoms with Crippen molar-refractivity contribution >= 4 is 0 Å². The number of ether oxygens (including phenoxy) is 3. The van der Waals surface area contributed by atoms with Gasteiger partial charge in [-0.3, -0.25) is 0 Å². The molecule has 0 aromatic carbocycles. The van der Waals surface area contributed by atoms with Crippen molar-refractivity contribution in [1.82, 2.24) is 0 Å². The Bertz CT molecular complexity index is 176. The zero-order valence-corrected chi connectivity index (χ0v) is 7.37. The molecule has 0 bridgehead atoms. The van der Waals surface area contributed by atoms with Gasteiger partial charge in [-0.05, 0) is 13.8 Å². The number of aliphatic hydroxyl groups excluding tert-OH is 1. The molecule has 0 saturated carbocycles. The highest BCUT2D eigenvalue weighted by Crippen LogP contribution is 2.20. The zero-order valence-electron chi connectivity index (χ0n) is 7.37. The van der Waals surface area contributed by atoms with Gasteiger partial charge in [-0.1, -0.05) is 0 Å². The number of allylic oxidation sites excluding steroid dienone is 1. The van der Waals surface area contributed by atoms with Crippen LogP contribution in [0.25, 0.3) is 0 Å². The predicted octanol–water partition coefficient (Wildman–Crippen LogP) is 0.967. The van der Waals surface area contributed by atoms with Crippen LogP contribution < -0.4 is 0 Å². The van der Waals surface area contributed by atoms with Crippen LogP contribution in [0.3, 0.4) is 0 Å². The topological polar surface area (TPSA) is 47.9 Å². The fourth-order valence-electron chi connectivity index (χ4n) is 1.02. The molecule has 4 heteroatoms. The maximum absolute atomic E-state index is 8.47. The normalized spacial score (nSPS) is 18.9. The second kappa shape index (κ2) is 4.33. The van der Waals surface area contributed by atoms with Crippen LogP contribution in [0.1, 0.15) is 20.3 Å². The highest BCUT2D eigenvalue weighted by molar-refractivity contribution is 5.02. The Kier molecular flexibility index (Phi) is 3.37. The molecule has 0 saturated heterocycles. The molecule has 1 heterocycles. The molecular formula is C8H14O4. The first kappa shape index (κ1) is 9.35. The fraction of sp³-hybridized carbons (Fsp3) is 0.750. The van der Waals surface area contributed by atoms with Crippen molar-refractivity contribution in [2.45, 2.75) is 26.4 Å². The molecule has 1 unspecified atom stereocenters. The minimum atomic E-state index is -0.256. The SMILES string of the molecule is CC1=C(CC(C)OCO)OCO1. The van der Waals surface area contributed by atoms with Gasteiger partial charge in [0.15, 0.2) is 0 Å². The lowest BCUT2D eigenvalue weighted by Crippen LogP contribution is -2.10. The highest BCUT2D eigenvalue weighted by atomic mass is 16.7. The van der Waals surface area contributed by atoms with Gasteiger partial charge in [-0.15, -0.1) is 0 Å². The quantitative estimate of drug-likeness (QED) is 0.645. The van der Waals surface area contributed by atoms with Crippen molar-refractivity contribution in [2.24, 2.45) is 0 Å². The van der Waals surface area contributed by atoms with Crippen LogP contribution >= 0.6 is 0 Å². The predicted molar refractivity (Wildman–Crippen MR) is 42.0 cm³/mol.